The van der Waals surface area contributed by atoms with Crippen LogP contribution in [0.15, 0.2) is 0 Å². The Morgan fingerprint density at radius 3 is 2.23 bits per heavy atom. The van der Waals surface area contributed by atoms with Crippen LogP contribution in [0, 0.1) is 23.2 Å². The van der Waals surface area contributed by atoms with Crippen LogP contribution >= 0.6 is 0 Å². The molecular weight excluding hydrogens is 514 g/mol. The predicted octanol–water partition coefficient (Wildman–Crippen LogP) is 2.45. The third kappa shape index (κ3) is 12.7. The van der Waals surface area contributed by atoms with Crippen LogP contribution in [-0.4, -0.2) is 70.9 Å². The van der Waals surface area contributed by atoms with Crippen molar-refractivity contribution in [3.8, 4) is 0 Å². The van der Waals surface area contributed by atoms with Crippen LogP contribution in [-0.2, 0) is 19.2 Å². The molecule has 40 heavy (non-hydrogen) atoms. The van der Waals surface area contributed by atoms with Gasteiger partial charge in [0.2, 0.25) is 17.7 Å². The van der Waals surface area contributed by atoms with Gasteiger partial charge in [0.1, 0.15) is 12.3 Å². The molecule has 11 heteroatoms. The zero-order valence-corrected chi connectivity index (χ0v) is 25.5. The van der Waals surface area contributed by atoms with Crippen LogP contribution in [0.2, 0.25) is 0 Å². The molecule has 1 heterocycles. The molecule has 1 fully saturated rings. The second kappa shape index (κ2) is 16.5. The van der Waals surface area contributed by atoms with Crippen molar-refractivity contribution in [2.75, 3.05) is 13.1 Å². The molecule has 230 valence electrons. The van der Waals surface area contributed by atoms with Gasteiger partial charge in [-0.2, -0.15) is 0 Å². The number of carbonyl (C=O) groups is 5. The second-order valence-corrected chi connectivity index (χ2v) is 12.9. The highest BCUT2D eigenvalue weighted by atomic mass is 16.3. The highest BCUT2D eigenvalue weighted by molar-refractivity contribution is 5.93. The smallest absolute Gasteiger partial charge is 0.312 e. The minimum absolute atomic E-state index is 0.0244. The van der Waals surface area contributed by atoms with Crippen LogP contribution < -0.4 is 21.7 Å². The topological polar surface area (TPSA) is 171 Å². The Labute approximate surface area is 239 Å². The van der Waals surface area contributed by atoms with E-state index >= 15 is 0 Å². The molecule has 1 aliphatic heterocycles. The van der Waals surface area contributed by atoms with Gasteiger partial charge in [-0.3, -0.25) is 19.2 Å². The molecule has 4 atom stereocenters. The molecule has 2 unspecified atom stereocenters. The number of likely N-dealkylation sites (tertiary alicyclic amines) is 1. The van der Waals surface area contributed by atoms with Crippen molar-refractivity contribution in [2.24, 2.45) is 28.9 Å². The number of unbranched alkanes of at least 4 members (excludes halogenated alkanes) is 2. The van der Waals surface area contributed by atoms with E-state index in [1.54, 1.807) is 18.7 Å². The van der Waals surface area contributed by atoms with Crippen molar-refractivity contribution >= 4 is 29.5 Å². The molecule has 1 rings (SSSR count). The van der Waals surface area contributed by atoms with Crippen molar-refractivity contribution in [3.63, 3.8) is 0 Å². The fourth-order valence-corrected chi connectivity index (χ4v) is 5.06. The van der Waals surface area contributed by atoms with Crippen LogP contribution in [0.5, 0.6) is 0 Å². The van der Waals surface area contributed by atoms with E-state index in [1.807, 2.05) is 13.8 Å². The SMILES string of the molecule is CC(C)C(=O)[C@H](CCCNC(N)=O)NC(=O)[C@@H](NC(=O)CCCCCN1C(=O)CC(CC(C)(C)C)C1O)C(C)C. The number of urea groups is 1. The summed E-state index contributed by atoms with van der Waals surface area (Å²) in [6.45, 7) is 14.2. The van der Waals surface area contributed by atoms with Gasteiger partial charge >= 0.3 is 6.03 Å². The fraction of sp³-hybridized carbons (Fsp3) is 0.828. The first-order valence-corrected chi connectivity index (χ1v) is 14.7. The summed E-state index contributed by atoms with van der Waals surface area (Å²) in [4.78, 5) is 63.2. The molecular formula is C29H53N5O6. The maximum atomic E-state index is 13.1. The van der Waals surface area contributed by atoms with Gasteiger partial charge in [-0.1, -0.05) is 54.9 Å². The molecule has 5 amide bonds. The average Bonchev–Trinajstić information content (AvgIpc) is 3.08. The molecule has 6 N–H and O–H groups in total. The molecule has 0 spiro atoms. The van der Waals surface area contributed by atoms with Crippen molar-refractivity contribution in [2.45, 2.75) is 118 Å². The number of rotatable bonds is 17. The number of Topliss-reactive ketones (excluding diaryl/α,β-unsaturated/α-hetero) is 1. The Hall–Kier alpha value is -2.69. The lowest BCUT2D eigenvalue weighted by Gasteiger charge is -2.27. The highest BCUT2D eigenvalue weighted by Crippen LogP contribution is 2.34. The van der Waals surface area contributed by atoms with Gasteiger partial charge in [-0.15, -0.1) is 0 Å². The molecule has 11 nitrogen and oxygen atoms in total. The zero-order chi connectivity index (χ0) is 30.6. The van der Waals surface area contributed by atoms with Crippen molar-refractivity contribution < 1.29 is 29.1 Å². The summed E-state index contributed by atoms with van der Waals surface area (Å²) in [5, 5.41) is 18.7. The number of amides is 5. The van der Waals surface area contributed by atoms with Crippen molar-refractivity contribution in [1.29, 1.82) is 0 Å². The summed E-state index contributed by atoms with van der Waals surface area (Å²) in [5.41, 5.74) is 5.12. The minimum Gasteiger partial charge on any atom is -0.373 e. The number of carbonyl (C=O) groups excluding carboxylic acids is 5. The van der Waals surface area contributed by atoms with Crippen molar-refractivity contribution in [3.05, 3.63) is 0 Å². The summed E-state index contributed by atoms with van der Waals surface area (Å²) in [7, 11) is 0. The lowest BCUT2D eigenvalue weighted by molar-refractivity contribution is -0.134. The molecule has 0 aliphatic carbocycles. The minimum atomic E-state index is -0.796. The maximum absolute atomic E-state index is 13.1. The van der Waals surface area contributed by atoms with Gasteiger partial charge in [0.05, 0.1) is 6.04 Å². The van der Waals surface area contributed by atoms with Gasteiger partial charge in [-0.25, -0.2) is 4.79 Å². The summed E-state index contributed by atoms with van der Waals surface area (Å²) in [6.07, 6.45) is 3.39. The Bertz CT molecular complexity index is 869. The molecule has 0 aromatic carbocycles. The molecule has 0 bridgehead atoms. The first-order chi connectivity index (χ1) is 18.5. The number of nitrogens with two attached hydrogens (primary N) is 1. The molecule has 1 saturated heterocycles. The molecule has 0 radical (unpaired) electrons. The number of nitrogens with one attached hydrogen (secondary N) is 3. The molecule has 0 aromatic rings. The van der Waals surface area contributed by atoms with Gasteiger partial charge < -0.3 is 31.7 Å². The Morgan fingerprint density at radius 2 is 1.68 bits per heavy atom. The number of ketones is 1. The lowest BCUT2D eigenvalue weighted by atomic mass is 9.83. The van der Waals surface area contributed by atoms with Crippen LogP contribution in [0.3, 0.4) is 0 Å². The highest BCUT2D eigenvalue weighted by Gasteiger charge is 2.39. The summed E-state index contributed by atoms with van der Waals surface area (Å²) < 4.78 is 0. The maximum Gasteiger partial charge on any atom is 0.312 e. The van der Waals surface area contributed by atoms with E-state index in [2.05, 4.69) is 36.7 Å². The first kappa shape index (κ1) is 35.3. The number of hydrogen-bond acceptors (Lipinski definition) is 6. The standard InChI is InChI=1S/C29H53N5O6/c1-18(2)24(26(38)32-21(25(37)19(3)4)12-11-14-31-28(30)40)33-22(35)13-9-8-10-15-34-23(36)16-20(27(34)39)17-29(5,6)7/h18-21,24,27,39H,8-17H2,1-7H3,(H,32,38)(H,33,35)(H3,30,31,40)/t20?,21-,24-,27?/m0/s1. The van der Waals surface area contributed by atoms with Crippen LogP contribution in [0.25, 0.3) is 0 Å². The average molecular weight is 568 g/mol. The van der Waals surface area contributed by atoms with E-state index in [4.69, 9.17) is 5.73 Å². The largest absolute Gasteiger partial charge is 0.373 e. The third-order valence-electron chi connectivity index (χ3n) is 7.14. The quantitative estimate of drug-likeness (QED) is 0.169. The summed E-state index contributed by atoms with van der Waals surface area (Å²) >= 11 is 0. The number of primary amides is 1. The van der Waals surface area contributed by atoms with E-state index in [-0.39, 0.29) is 47.2 Å². The third-order valence-corrected chi connectivity index (χ3v) is 7.14. The van der Waals surface area contributed by atoms with Crippen LogP contribution in [0.4, 0.5) is 4.79 Å². The van der Waals surface area contributed by atoms with E-state index in [1.165, 1.54) is 0 Å². The van der Waals surface area contributed by atoms with Gasteiger partial charge in [0.25, 0.3) is 0 Å². The molecule has 0 saturated carbocycles. The second-order valence-electron chi connectivity index (χ2n) is 12.9. The number of aliphatic hydroxyl groups is 1. The predicted molar refractivity (Wildman–Crippen MR) is 154 cm³/mol. The zero-order valence-electron chi connectivity index (χ0n) is 25.5. The number of aliphatic hydroxyl groups excluding tert-OH is 1. The van der Waals surface area contributed by atoms with E-state index in [9.17, 15) is 29.1 Å². The monoisotopic (exact) mass is 567 g/mol. The van der Waals surface area contributed by atoms with Crippen LogP contribution in [0.1, 0.15) is 99.8 Å². The Morgan fingerprint density at radius 1 is 1.02 bits per heavy atom. The molecule has 0 aromatic heterocycles. The number of hydrogen-bond donors (Lipinski definition) is 5. The van der Waals surface area contributed by atoms with Gasteiger partial charge in [-0.05, 0) is 43.4 Å². The Kier molecular flexibility index (Phi) is 14.6. The Balaban J connectivity index is 2.54. The number of nitrogens with zero attached hydrogens (tertiary/aromatic N) is 1. The van der Waals surface area contributed by atoms with E-state index in [0.717, 1.165) is 6.42 Å². The fourth-order valence-electron chi connectivity index (χ4n) is 5.06. The van der Waals surface area contributed by atoms with E-state index in [0.29, 0.717) is 51.6 Å². The van der Waals surface area contributed by atoms with E-state index < -0.39 is 30.2 Å². The van der Waals surface area contributed by atoms with Crippen molar-refractivity contribution in [1.82, 2.24) is 20.9 Å². The summed E-state index contributed by atoms with van der Waals surface area (Å²) in [5.74, 6) is -1.36. The molecule has 1 aliphatic rings. The normalized spacial score (nSPS) is 19.1. The first-order valence-electron chi connectivity index (χ1n) is 14.7. The lowest BCUT2D eigenvalue weighted by Crippen LogP contribution is -2.54. The summed E-state index contributed by atoms with van der Waals surface area (Å²) in [6, 6.07) is -2.17. The van der Waals surface area contributed by atoms with Gasteiger partial charge in [0, 0.05) is 37.8 Å². The van der Waals surface area contributed by atoms with Gasteiger partial charge in [0.15, 0.2) is 5.78 Å².